The van der Waals surface area contributed by atoms with Gasteiger partial charge in [-0.1, -0.05) is 23.2 Å². The first-order valence-electron chi connectivity index (χ1n) is 6.40. The molecule has 0 unspecified atom stereocenters. The highest BCUT2D eigenvalue weighted by Gasteiger charge is 2.10. The van der Waals surface area contributed by atoms with Gasteiger partial charge in [0.05, 0.1) is 20.8 Å². The number of aryl methyl sites for hydroxylation is 2. The van der Waals surface area contributed by atoms with E-state index in [0.717, 1.165) is 23.1 Å². The molecule has 0 fully saturated rings. The lowest BCUT2D eigenvalue weighted by atomic mass is 10.2. The molecular weight excluding hydrogens is 377 g/mol. The molecule has 0 spiro atoms. The topological polar surface area (TPSA) is 46.9 Å². The van der Waals surface area contributed by atoms with Gasteiger partial charge in [0.25, 0.3) is 5.91 Å². The number of nitrogens with one attached hydrogen (secondary N) is 1. The van der Waals surface area contributed by atoms with Crippen LogP contribution in [0.2, 0.25) is 10.0 Å². The Morgan fingerprint density at radius 2 is 2.19 bits per heavy atom. The van der Waals surface area contributed by atoms with Gasteiger partial charge in [-0.05, 0) is 47.5 Å². The minimum absolute atomic E-state index is 0.200. The second kappa shape index (κ2) is 7.29. The van der Waals surface area contributed by atoms with Crippen molar-refractivity contribution < 1.29 is 4.79 Å². The molecule has 21 heavy (non-hydrogen) atoms. The van der Waals surface area contributed by atoms with Crippen molar-refractivity contribution in [1.29, 1.82) is 0 Å². The van der Waals surface area contributed by atoms with Crippen LogP contribution in [-0.2, 0) is 6.54 Å². The van der Waals surface area contributed by atoms with Gasteiger partial charge in [-0.3, -0.25) is 9.48 Å². The van der Waals surface area contributed by atoms with Crippen molar-refractivity contribution in [3.05, 3.63) is 50.2 Å². The maximum absolute atomic E-state index is 12.0. The molecular formula is C14H14BrCl2N3O. The summed E-state index contributed by atoms with van der Waals surface area (Å²) in [5, 5.41) is 8.03. The smallest absolute Gasteiger partial charge is 0.252 e. The fourth-order valence-corrected chi connectivity index (χ4v) is 2.63. The first-order chi connectivity index (χ1) is 9.97. The lowest BCUT2D eigenvalue weighted by Gasteiger charge is -2.07. The van der Waals surface area contributed by atoms with Crippen LogP contribution in [0.1, 0.15) is 22.5 Å². The van der Waals surface area contributed by atoms with E-state index < -0.39 is 0 Å². The summed E-state index contributed by atoms with van der Waals surface area (Å²) in [7, 11) is 0. The number of aromatic nitrogens is 2. The quantitative estimate of drug-likeness (QED) is 0.781. The Labute approximate surface area is 141 Å². The van der Waals surface area contributed by atoms with Gasteiger partial charge in [-0.25, -0.2) is 0 Å². The molecule has 1 N–H and O–H groups in total. The zero-order chi connectivity index (χ0) is 15.4. The first-order valence-corrected chi connectivity index (χ1v) is 7.95. The van der Waals surface area contributed by atoms with E-state index in [1.807, 2.05) is 17.8 Å². The average molecular weight is 391 g/mol. The summed E-state index contributed by atoms with van der Waals surface area (Å²) in [6, 6.07) is 4.82. The summed E-state index contributed by atoms with van der Waals surface area (Å²) in [4.78, 5) is 12.0. The number of carbonyl (C=O) groups excluding carboxylic acids is 1. The molecule has 0 aliphatic heterocycles. The van der Waals surface area contributed by atoms with E-state index in [-0.39, 0.29) is 5.91 Å². The van der Waals surface area contributed by atoms with E-state index in [4.69, 9.17) is 23.2 Å². The Hall–Kier alpha value is -1.04. The second-order valence-corrected chi connectivity index (χ2v) is 6.26. The van der Waals surface area contributed by atoms with Gasteiger partial charge >= 0.3 is 0 Å². The number of hydrogen-bond acceptors (Lipinski definition) is 2. The molecule has 0 aliphatic carbocycles. The summed E-state index contributed by atoms with van der Waals surface area (Å²) < 4.78 is 2.83. The summed E-state index contributed by atoms with van der Waals surface area (Å²) >= 11 is 15.2. The van der Waals surface area contributed by atoms with Crippen LogP contribution in [-0.4, -0.2) is 22.2 Å². The van der Waals surface area contributed by atoms with Crippen molar-refractivity contribution in [3.8, 4) is 0 Å². The molecule has 7 heteroatoms. The molecule has 2 aromatic rings. The molecule has 0 saturated heterocycles. The third-order valence-corrected chi connectivity index (χ3v) is 4.24. The second-order valence-electron chi connectivity index (χ2n) is 4.56. The molecule has 0 saturated carbocycles. The van der Waals surface area contributed by atoms with Crippen molar-refractivity contribution in [2.45, 2.75) is 19.9 Å². The molecule has 1 amide bonds. The zero-order valence-electron chi connectivity index (χ0n) is 11.4. The van der Waals surface area contributed by atoms with Crippen LogP contribution < -0.4 is 5.32 Å². The van der Waals surface area contributed by atoms with Crippen molar-refractivity contribution >= 4 is 45.0 Å². The van der Waals surface area contributed by atoms with Crippen LogP contribution in [0.25, 0.3) is 0 Å². The Morgan fingerprint density at radius 1 is 1.43 bits per heavy atom. The van der Waals surface area contributed by atoms with E-state index in [1.165, 1.54) is 0 Å². The standard InChI is InChI=1S/C14H14BrCl2N3O/c1-9-12(15)8-20(19-9)6-2-5-18-14(21)11-4-3-10(16)7-13(11)17/h3-4,7-8H,2,5-6H2,1H3,(H,18,21). The maximum Gasteiger partial charge on any atom is 0.252 e. The summed E-state index contributed by atoms with van der Waals surface area (Å²) in [5.74, 6) is -0.200. The van der Waals surface area contributed by atoms with Crippen LogP contribution in [0, 0.1) is 6.92 Å². The third-order valence-electron chi connectivity index (χ3n) is 2.91. The summed E-state index contributed by atoms with van der Waals surface area (Å²) in [6.45, 7) is 3.22. The van der Waals surface area contributed by atoms with E-state index in [2.05, 4.69) is 26.3 Å². The Bertz CT molecular complexity index is 638. The predicted molar refractivity (Wildman–Crippen MR) is 88.1 cm³/mol. The fraction of sp³-hybridized carbons (Fsp3) is 0.286. The Morgan fingerprint density at radius 3 is 2.81 bits per heavy atom. The highest BCUT2D eigenvalue weighted by atomic mass is 79.9. The van der Waals surface area contributed by atoms with E-state index in [9.17, 15) is 4.79 Å². The first kappa shape index (κ1) is 16.3. The summed E-state index contributed by atoms with van der Waals surface area (Å²) in [6.07, 6.45) is 2.71. The normalized spacial score (nSPS) is 10.7. The Balaban J connectivity index is 1.81. The van der Waals surface area contributed by atoms with E-state index >= 15 is 0 Å². The molecule has 4 nitrogen and oxygen atoms in total. The van der Waals surface area contributed by atoms with Gasteiger partial charge < -0.3 is 5.32 Å². The van der Waals surface area contributed by atoms with Gasteiger partial charge in [-0.2, -0.15) is 5.10 Å². The largest absolute Gasteiger partial charge is 0.352 e. The van der Waals surface area contributed by atoms with Gasteiger partial charge in [-0.15, -0.1) is 0 Å². The molecule has 112 valence electrons. The summed E-state index contributed by atoms with van der Waals surface area (Å²) in [5.41, 5.74) is 1.38. The number of nitrogens with zero attached hydrogens (tertiary/aromatic N) is 2. The lowest BCUT2D eigenvalue weighted by molar-refractivity contribution is 0.0953. The fourth-order valence-electron chi connectivity index (χ4n) is 1.82. The zero-order valence-corrected chi connectivity index (χ0v) is 14.5. The minimum Gasteiger partial charge on any atom is -0.352 e. The monoisotopic (exact) mass is 389 g/mol. The van der Waals surface area contributed by atoms with Crippen molar-refractivity contribution in [3.63, 3.8) is 0 Å². The number of benzene rings is 1. The third kappa shape index (κ3) is 4.46. The van der Waals surface area contributed by atoms with Crippen LogP contribution in [0.4, 0.5) is 0 Å². The Kier molecular flexibility index (Phi) is 5.67. The number of carbonyl (C=O) groups is 1. The SMILES string of the molecule is Cc1nn(CCCNC(=O)c2ccc(Cl)cc2Cl)cc1Br. The number of rotatable bonds is 5. The minimum atomic E-state index is -0.200. The van der Waals surface area contributed by atoms with Crippen molar-refractivity contribution in [2.24, 2.45) is 0 Å². The average Bonchev–Trinajstić information content (AvgIpc) is 2.73. The van der Waals surface area contributed by atoms with Gasteiger partial charge in [0.15, 0.2) is 0 Å². The number of hydrogen-bond donors (Lipinski definition) is 1. The van der Waals surface area contributed by atoms with E-state index in [1.54, 1.807) is 18.2 Å². The molecule has 1 aromatic heterocycles. The molecule has 0 bridgehead atoms. The highest BCUT2D eigenvalue weighted by Crippen LogP contribution is 2.20. The van der Waals surface area contributed by atoms with Crippen LogP contribution in [0.3, 0.4) is 0 Å². The molecule has 1 aromatic carbocycles. The van der Waals surface area contributed by atoms with Crippen LogP contribution in [0.5, 0.6) is 0 Å². The highest BCUT2D eigenvalue weighted by molar-refractivity contribution is 9.10. The predicted octanol–water partition coefficient (Wildman–Crippen LogP) is 4.08. The van der Waals surface area contributed by atoms with E-state index in [0.29, 0.717) is 22.2 Å². The molecule has 1 heterocycles. The molecule has 2 rings (SSSR count). The van der Waals surface area contributed by atoms with Crippen molar-refractivity contribution in [2.75, 3.05) is 6.54 Å². The van der Waals surface area contributed by atoms with Crippen LogP contribution >= 0.6 is 39.1 Å². The van der Waals surface area contributed by atoms with Gasteiger partial charge in [0, 0.05) is 24.3 Å². The molecule has 0 aliphatic rings. The van der Waals surface area contributed by atoms with Gasteiger partial charge in [0.2, 0.25) is 0 Å². The molecule has 0 atom stereocenters. The number of halogens is 3. The lowest BCUT2D eigenvalue weighted by Crippen LogP contribution is -2.25. The number of amides is 1. The van der Waals surface area contributed by atoms with Gasteiger partial charge in [0.1, 0.15) is 0 Å². The molecule has 0 radical (unpaired) electrons. The van der Waals surface area contributed by atoms with Crippen LogP contribution in [0.15, 0.2) is 28.9 Å². The van der Waals surface area contributed by atoms with Crippen molar-refractivity contribution in [1.82, 2.24) is 15.1 Å². The maximum atomic E-state index is 12.0.